The van der Waals surface area contributed by atoms with Gasteiger partial charge in [-0.3, -0.25) is 4.90 Å². The summed E-state index contributed by atoms with van der Waals surface area (Å²) in [7, 11) is 0. The second-order valence-electron chi connectivity index (χ2n) is 8.01. The van der Waals surface area contributed by atoms with Crippen LogP contribution in [0.15, 0.2) is 54.6 Å². The summed E-state index contributed by atoms with van der Waals surface area (Å²) in [6.07, 6.45) is 2.90. The third-order valence-corrected chi connectivity index (χ3v) is 5.97. The van der Waals surface area contributed by atoms with Gasteiger partial charge < -0.3 is 15.3 Å². The molecule has 0 bridgehead atoms. The van der Waals surface area contributed by atoms with Crippen LogP contribution in [0.1, 0.15) is 36.3 Å². The Morgan fingerprint density at radius 3 is 2.54 bits per heavy atom. The summed E-state index contributed by atoms with van der Waals surface area (Å²) < 4.78 is 0. The van der Waals surface area contributed by atoms with Gasteiger partial charge in [0.2, 0.25) is 0 Å². The molecular weight excluding hydrogens is 350 g/mol. The molecule has 2 fully saturated rings. The number of carbonyl (C=O) groups is 1. The number of carbonyl (C=O) groups excluding carboxylic acids is 1. The van der Waals surface area contributed by atoms with Crippen LogP contribution < -0.4 is 5.32 Å². The number of phenols is 1. The average Bonchev–Trinajstić information content (AvgIpc) is 3.15. The fraction of sp³-hybridized carbons (Fsp3) is 0.435. The molecule has 1 atom stereocenters. The van der Waals surface area contributed by atoms with Crippen molar-refractivity contribution in [1.82, 2.24) is 15.1 Å². The normalized spacial score (nSPS) is 21.0. The number of benzene rings is 2. The zero-order chi connectivity index (χ0) is 19.3. The third-order valence-electron chi connectivity index (χ3n) is 5.97. The van der Waals surface area contributed by atoms with Crippen molar-refractivity contribution in [3.05, 3.63) is 65.7 Å². The molecule has 2 amide bonds. The number of amides is 2. The van der Waals surface area contributed by atoms with E-state index < -0.39 is 0 Å². The Hall–Kier alpha value is -2.53. The van der Waals surface area contributed by atoms with E-state index in [1.54, 1.807) is 6.07 Å². The van der Waals surface area contributed by atoms with E-state index in [1.807, 2.05) is 23.1 Å². The van der Waals surface area contributed by atoms with E-state index in [1.165, 1.54) is 11.1 Å². The Bertz CT molecular complexity index is 787. The summed E-state index contributed by atoms with van der Waals surface area (Å²) in [5.74, 6) is 0.739. The Labute approximate surface area is 167 Å². The van der Waals surface area contributed by atoms with Crippen LogP contribution in [0, 0.1) is 0 Å². The number of phenolic OH excluding ortho intramolecular Hbond substituents is 1. The van der Waals surface area contributed by atoms with E-state index in [0.29, 0.717) is 11.7 Å². The molecule has 0 aliphatic carbocycles. The highest BCUT2D eigenvalue weighted by Gasteiger charge is 2.28. The smallest absolute Gasteiger partial charge is 0.317 e. The van der Waals surface area contributed by atoms with Gasteiger partial charge in [0, 0.05) is 38.8 Å². The minimum absolute atomic E-state index is 0.0703. The van der Waals surface area contributed by atoms with Crippen LogP contribution in [0.5, 0.6) is 5.75 Å². The molecule has 0 spiro atoms. The molecule has 4 rings (SSSR count). The molecule has 2 N–H and O–H groups in total. The molecule has 2 aliphatic rings. The largest absolute Gasteiger partial charge is 0.508 e. The Kier molecular flexibility index (Phi) is 5.81. The lowest BCUT2D eigenvalue weighted by Crippen LogP contribution is -2.48. The number of hydrogen-bond donors (Lipinski definition) is 2. The number of aromatic hydroxyl groups is 1. The third kappa shape index (κ3) is 4.65. The summed E-state index contributed by atoms with van der Waals surface area (Å²) in [4.78, 5) is 17.0. The summed E-state index contributed by atoms with van der Waals surface area (Å²) in [5, 5.41) is 12.9. The highest BCUT2D eigenvalue weighted by Crippen LogP contribution is 2.29. The van der Waals surface area contributed by atoms with Crippen molar-refractivity contribution < 1.29 is 9.90 Å². The van der Waals surface area contributed by atoms with Crippen molar-refractivity contribution >= 4 is 6.03 Å². The number of piperidine rings is 1. The van der Waals surface area contributed by atoms with Crippen LogP contribution in [0.2, 0.25) is 0 Å². The van der Waals surface area contributed by atoms with Crippen LogP contribution in [-0.4, -0.2) is 53.2 Å². The van der Waals surface area contributed by atoms with Gasteiger partial charge in [-0.25, -0.2) is 4.79 Å². The molecule has 2 aromatic carbocycles. The predicted molar refractivity (Wildman–Crippen MR) is 110 cm³/mol. The highest BCUT2D eigenvalue weighted by molar-refractivity contribution is 5.74. The molecule has 0 unspecified atom stereocenters. The van der Waals surface area contributed by atoms with Crippen LogP contribution in [0.25, 0.3) is 0 Å². The number of nitrogens with one attached hydrogen (secondary N) is 1. The maximum atomic E-state index is 12.7. The molecule has 5 nitrogen and oxygen atoms in total. The van der Waals surface area contributed by atoms with E-state index in [-0.39, 0.29) is 12.1 Å². The van der Waals surface area contributed by atoms with Crippen molar-refractivity contribution in [3.63, 3.8) is 0 Å². The summed E-state index contributed by atoms with van der Waals surface area (Å²) in [6, 6.07) is 18.3. The SMILES string of the molecule is O=C(N[C@H]1CCN(Cc2ccccc2)C1)N1CCC(c2cccc(O)c2)CC1. The molecular formula is C23H29N3O2. The summed E-state index contributed by atoms with van der Waals surface area (Å²) in [6.45, 7) is 4.43. The second-order valence-corrected chi connectivity index (χ2v) is 8.01. The summed E-state index contributed by atoms with van der Waals surface area (Å²) in [5.41, 5.74) is 2.50. The van der Waals surface area contributed by atoms with Gasteiger partial charge in [0.25, 0.3) is 0 Å². The first-order valence-corrected chi connectivity index (χ1v) is 10.3. The van der Waals surface area contributed by atoms with Crippen LogP contribution in [-0.2, 0) is 6.54 Å². The fourth-order valence-corrected chi connectivity index (χ4v) is 4.40. The molecule has 2 aromatic rings. The zero-order valence-corrected chi connectivity index (χ0v) is 16.3. The Morgan fingerprint density at radius 1 is 1.00 bits per heavy atom. The maximum Gasteiger partial charge on any atom is 0.317 e. The lowest BCUT2D eigenvalue weighted by molar-refractivity contribution is 0.177. The molecule has 2 heterocycles. The maximum absolute atomic E-state index is 12.7. The van der Waals surface area contributed by atoms with Crippen LogP contribution >= 0.6 is 0 Å². The van der Waals surface area contributed by atoms with Gasteiger partial charge in [0.05, 0.1) is 0 Å². The highest BCUT2D eigenvalue weighted by atomic mass is 16.3. The molecule has 2 aliphatic heterocycles. The fourth-order valence-electron chi connectivity index (χ4n) is 4.40. The van der Waals surface area contributed by atoms with Gasteiger partial charge in [-0.15, -0.1) is 0 Å². The van der Waals surface area contributed by atoms with Gasteiger partial charge in [-0.05, 0) is 48.4 Å². The van der Waals surface area contributed by atoms with Gasteiger partial charge in [-0.1, -0.05) is 42.5 Å². The first-order chi connectivity index (χ1) is 13.7. The number of nitrogens with zero attached hydrogens (tertiary/aromatic N) is 2. The molecule has 148 valence electrons. The molecule has 0 aromatic heterocycles. The minimum atomic E-state index is 0.0703. The van der Waals surface area contributed by atoms with Gasteiger partial charge in [0.1, 0.15) is 5.75 Å². The monoisotopic (exact) mass is 379 g/mol. The van der Waals surface area contributed by atoms with E-state index in [4.69, 9.17) is 0 Å². The van der Waals surface area contributed by atoms with Crippen molar-refractivity contribution in [2.45, 2.75) is 37.8 Å². The molecule has 2 saturated heterocycles. The molecule has 0 radical (unpaired) electrons. The topological polar surface area (TPSA) is 55.8 Å². The first kappa shape index (κ1) is 18.8. The van der Waals surface area contributed by atoms with Crippen molar-refractivity contribution in [1.29, 1.82) is 0 Å². The lowest BCUT2D eigenvalue weighted by Gasteiger charge is -2.33. The summed E-state index contributed by atoms with van der Waals surface area (Å²) >= 11 is 0. The van der Waals surface area contributed by atoms with E-state index in [9.17, 15) is 9.90 Å². The zero-order valence-electron chi connectivity index (χ0n) is 16.3. The van der Waals surface area contributed by atoms with Crippen LogP contribution in [0.3, 0.4) is 0 Å². The lowest BCUT2D eigenvalue weighted by atomic mass is 9.89. The second kappa shape index (κ2) is 8.65. The Morgan fingerprint density at radius 2 is 1.79 bits per heavy atom. The van der Waals surface area contributed by atoms with Gasteiger partial charge in [-0.2, -0.15) is 0 Å². The number of hydrogen-bond acceptors (Lipinski definition) is 3. The average molecular weight is 380 g/mol. The predicted octanol–water partition coefficient (Wildman–Crippen LogP) is 3.56. The van der Waals surface area contributed by atoms with Crippen LogP contribution in [0.4, 0.5) is 4.79 Å². The van der Waals surface area contributed by atoms with Crippen molar-refractivity contribution in [2.24, 2.45) is 0 Å². The molecule has 0 saturated carbocycles. The quantitative estimate of drug-likeness (QED) is 0.854. The van der Waals surface area contributed by atoms with E-state index in [0.717, 1.165) is 52.0 Å². The minimum Gasteiger partial charge on any atom is -0.508 e. The molecule has 28 heavy (non-hydrogen) atoms. The van der Waals surface area contributed by atoms with E-state index in [2.05, 4.69) is 40.5 Å². The molecule has 5 heteroatoms. The number of urea groups is 1. The number of rotatable bonds is 4. The van der Waals surface area contributed by atoms with E-state index >= 15 is 0 Å². The Balaban J connectivity index is 1.23. The van der Waals surface area contributed by atoms with Crippen molar-refractivity contribution in [2.75, 3.05) is 26.2 Å². The van der Waals surface area contributed by atoms with Crippen molar-refractivity contribution in [3.8, 4) is 5.75 Å². The number of likely N-dealkylation sites (tertiary alicyclic amines) is 2. The first-order valence-electron chi connectivity index (χ1n) is 10.3. The van der Waals surface area contributed by atoms with Gasteiger partial charge in [0.15, 0.2) is 0 Å². The standard InChI is InChI=1S/C23H29N3O2/c27-22-8-4-7-20(15-22)19-9-13-26(14-10-19)23(28)24-21-11-12-25(17-21)16-18-5-2-1-3-6-18/h1-8,15,19,21,27H,9-14,16-17H2,(H,24,28)/t21-/m0/s1. The van der Waals surface area contributed by atoms with Gasteiger partial charge >= 0.3 is 6.03 Å².